The minimum Gasteiger partial charge on any atom is -0.496 e. The Morgan fingerprint density at radius 2 is 1.44 bits per heavy atom. The molecule has 6 amide bonds. The molecule has 468 valence electrons. The molecule has 3 heterocycles. The summed E-state index contributed by atoms with van der Waals surface area (Å²) >= 11 is 0. The van der Waals surface area contributed by atoms with E-state index in [9.17, 15) is 38.4 Å². The van der Waals surface area contributed by atoms with Crippen LogP contribution in [0, 0.1) is 12.3 Å². The van der Waals surface area contributed by atoms with Crippen LogP contribution in [0.25, 0.3) is 10.8 Å². The number of hydrogen-bond donors (Lipinski definition) is 1. The number of benzene rings is 4. The number of carbonyl (C=O) groups excluding carboxylic acids is 9. The molecule has 20 nitrogen and oxygen atoms in total. The first kappa shape index (κ1) is 66.4. The van der Waals surface area contributed by atoms with Crippen LogP contribution in [0.15, 0.2) is 97.1 Å². The number of aryl methyl sites for hydroxylation is 2. The molecule has 7 rings (SSSR count). The van der Waals surface area contributed by atoms with Crippen molar-refractivity contribution in [1.29, 1.82) is 0 Å². The number of fused-ring (bicyclic) bond motifs is 5. The summed E-state index contributed by atoms with van der Waals surface area (Å²) in [5.74, 6) is -5.03. The number of methoxy groups -OCH3 is 1. The number of hydrogen-bond acceptors (Lipinski definition) is 14. The van der Waals surface area contributed by atoms with E-state index in [0.717, 1.165) is 27.5 Å². The number of ketones is 1. The molecular formula is C67H86N6O14. The molecule has 0 spiro atoms. The van der Waals surface area contributed by atoms with Crippen LogP contribution < -0.4 is 14.8 Å². The Kier molecular flexibility index (Phi) is 22.5. The topological polar surface area (TPSA) is 228 Å². The second-order valence-corrected chi connectivity index (χ2v) is 24.6. The van der Waals surface area contributed by atoms with Gasteiger partial charge in [0.1, 0.15) is 54.4 Å². The fraction of sp³-hybridized carbons (Fsp3) is 0.507. The quantitative estimate of drug-likeness (QED) is 0.140. The number of carbonyl (C=O) groups is 9. The number of piperidine rings is 1. The molecule has 4 aromatic rings. The zero-order valence-corrected chi connectivity index (χ0v) is 52.3. The Hall–Kier alpha value is -8.13. The average Bonchev–Trinajstić information content (AvgIpc) is 3.93. The summed E-state index contributed by atoms with van der Waals surface area (Å²) in [5.41, 5.74) is 0.852. The Bertz CT molecular complexity index is 3210. The summed E-state index contributed by atoms with van der Waals surface area (Å²) in [6, 6.07) is 20.4. The maximum Gasteiger partial charge on any atom is 0.330 e. The van der Waals surface area contributed by atoms with Crippen LogP contribution >= 0.6 is 0 Å². The van der Waals surface area contributed by atoms with Crippen LogP contribution in [0.4, 0.5) is 0 Å². The second kappa shape index (κ2) is 29.5. The Balaban J connectivity index is 1.20. The van der Waals surface area contributed by atoms with Crippen LogP contribution in [-0.4, -0.2) is 181 Å². The minimum absolute atomic E-state index is 0.0105. The molecule has 2 saturated heterocycles. The van der Waals surface area contributed by atoms with Gasteiger partial charge in [0.15, 0.2) is 6.61 Å². The molecule has 3 aliphatic rings. The summed E-state index contributed by atoms with van der Waals surface area (Å²) in [7, 11) is 6.11. The lowest BCUT2D eigenvalue weighted by atomic mass is 9.87. The lowest BCUT2D eigenvalue weighted by molar-refractivity contribution is -0.165. The van der Waals surface area contributed by atoms with Crippen LogP contribution in [0.5, 0.6) is 11.5 Å². The van der Waals surface area contributed by atoms with E-state index in [-0.39, 0.29) is 63.6 Å². The first-order valence-electron chi connectivity index (χ1n) is 30.0. The van der Waals surface area contributed by atoms with E-state index in [2.05, 4.69) is 5.32 Å². The minimum atomic E-state index is -1.49. The smallest absolute Gasteiger partial charge is 0.330 e. The number of ether oxygens (including phenoxy) is 5. The van der Waals surface area contributed by atoms with Gasteiger partial charge in [0.2, 0.25) is 29.4 Å². The van der Waals surface area contributed by atoms with Crippen LogP contribution in [-0.2, 0) is 70.2 Å². The van der Waals surface area contributed by atoms with Gasteiger partial charge in [-0.15, -0.1) is 0 Å². The summed E-state index contributed by atoms with van der Waals surface area (Å²) in [5, 5.41) is 4.80. The fourth-order valence-corrected chi connectivity index (χ4v) is 10.9. The van der Waals surface area contributed by atoms with Crippen molar-refractivity contribution in [2.75, 3.05) is 67.7 Å². The van der Waals surface area contributed by atoms with Gasteiger partial charge in [-0.2, -0.15) is 0 Å². The molecule has 1 N–H and O–H groups in total. The van der Waals surface area contributed by atoms with Gasteiger partial charge >= 0.3 is 11.9 Å². The monoisotopic (exact) mass is 1200 g/mol. The lowest BCUT2D eigenvalue weighted by Gasteiger charge is -2.37. The Morgan fingerprint density at radius 3 is 2.17 bits per heavy atom. The largest absolute Gasteiger partial charge is 0.496 e. The third-order valence-electron chi connectivity index (χ3n) is 16.5. The van der Waals surface area contributed by atoms with Crippen LogP contribution in [0.2, 0.25) is 0 Å². The van der Waals surface area contributed by atoms with Crippen molar-refractivity contribution in [3.8, 4) is 11.5 Å². The third-order valence-corrected chi connectivity index (χ3v) is 16.5. The molecular weight excluding hydrogens is 1110 g/mol. The van der Waals surface area contributed by atoms with E-state index < -0.39 is 108 Å². The molecule has 0 unspecified atom stereocenters. The maximum absolute atomic E-state index is 15.1. The molecule has 0 radical (unpaired) electrons. The van der Waals surface area contributed by atoms with E-state index in [1.165, 1.54) is 71.5 Å². The van der Waals surface area contributed by atoms with Crippen LogP contribution in [0.1, 0.15) is 115 Å². The fourth-order valence-electron chi connectivity index (χ4n) is 10.9. The maximum atomic E-state index is 15.1. The van der Waals surface area contributed by atoms with Crippen molar-refractivity contribution in [3.63, 3.8) is 0 Å². The summed E-state index contributed by atoms with van der Waals surface area (Å²) in [6.45, 7) is 11.2. The summed E-state index contributed by atoms with van der Waals surface area (Å²) < 4.78 is 29.7. The lowest BCUT2D eigenvalue weighted by Crippen LogP contribution is -2.60. The van der Waals surface area contributed by atoms with Crippen LogP contribution in [0.3, 0.4) is 0 Å². The molecule has 4 aromatic carbocycles. The van der Waals surface area contributed by atoms with Gasteiger partial charge < -0.3 is 53.5 Å². The first-order chi connectivity index (χ1) is 41.3. The van der Waals surface area contributed by atoms with E-state index >= 15 is 4.79 Å². The number of cyclic esters (lactones) is 2. The SMILES string of the molecule is COc1cc(CC[C@H]2OC(=O)[C@@H]3CCCCN3C(=O)C(=O)C(C)(C)COC(=O)C=CCCN(C)C(=O)[C@@H]3CCCN3C(=O)[C@H](COC(C)(C)C)N(C)C(=O)[C@H](Cc3ccc4ccccc4c3)NC(=O)[C@H](C)N(C)C(=O)COc3cccc2c3)ccc1C. The van der Waals surface area contributed by atoms with E-state index in [1.807, 2.05) is 88.4 Å². The van der Waals surface area contributed by atoms with Crippen molar-refractivity contribution in [3.05, 3.63) is 119 Å². The number of rotatable bonds is 8. The Morgan fingerprint density at radius 1 is 0.724 bits per heavy atom. The van der Waals surface area contributed by atoms with Gasteiger partial charge in [-0.1, -0.05) is 72.8 Å². The van der Waals surface area contributed by atoms with Crippen molar-refractivity contribution in [1.82, 2.24) is 29.8 Å². The van der Waals surface area contributed by atoms with E-state index in [0.29, 0.717) is 43.4 Å². The van der Waals surface area contributed by atoms with Gasteiger partial charge in [-0.25, -0.2) is 9.59 Å². The highest BCUT2D eigenvalue weighted by atomic mass is 16.5. The van der Waals surface area contributed by atoms with Gasteiger partial charge in [0.25, 0.3) is 11.8 Å². The molecule has 0 aromatic heterocycles. The number of nitrogens with zero attached hydrogens (tertiary/aromatic N) is 5. The number of amides is 6. The van der Waals surface area contributed by atoms with Crippen molar-refractivity contribution >= 4 is 63.9 Å². The third kappa shape index (κ3) is 17.3. The van der Waals surface area contributed by atoms with Crippen molar-refractivity contribution in [2.24, 2.45) is 5.41 Å². The summed E-state index contributed by atoms with van der Waals surface area (Å²) in [6.07, 6.45) is 4.97. The molecule has 6 atom stereocenters. The zero-order chi connectivity index (χ0) is 63.3. The average molecular weight is 1200 g/mol. The van der Waals surface area contributed by atoms with Gasteiger partial charge in [-0.05, 0) is 151 Å². The Labute approximate surface area is 510 Å². The number of nitrogens with one attached hydrogen (secondary N) is 1. The standard InChI is InChI=1S/C67H86N6O14/c1-43-27-28-45(38-56(43)83-11)30-32-55-49-22-18-23-50(39-49)84-41-57(74)70(9)44(2)60(77)68-51(37-46-29-31-47-20-12-13-21-48(47)36-46)61(78)71(10)54(40-86-66(3,4)5)63(80)72-35-19-25-52(72)62(79)69(8)33-16-15-26-58(75)85-42-67(6,7)59(76)64(81)73-34-17-14-24-53(73)65(82)87-55/h12-13,15,18,20-23,26-29,31,36,38-39,44,51-55H,14,16-17,19,24-25,30,32-35,37,40-42H2,1-11H3,(H,68,77)/t44-,51-,52-,53-,54-,55+/m0/s1. The molecule has 2 fully saturated rings. The summed E-state index contributed by atoms with van der Waals surface area (Å²) in [4.78, 5) is 135. The predicted octanol–water partition coefficient (Wildman–Crippen LogP) is 6.90. The van der Waals surface area contributed by atoms with E-state index in [4.69, 9.17) is 23.7 Å². The number of Topliss-reactive ketones (excluding diaryl/α,β-unsaturated/α-hetero) is 1. The molecule has 0 aliphatic carbocycles. The zero-order valence-electron chi connectivity index (χ0n) is 52.3. The molecule has 87 heavy (non-hydrogen) atoms. The molecule has 2 bridgehead atoms. The first-order valence-corrected chi connectivity index (χ1v) is 30.0. The molecule has 3 aliphatic heterocycles. The van der Waals surface area contributed by atoms with Crippen molar-refractivity contribution < 1.29 is 66.8 Å². The highest BCUT2D eigenvalue weighted by Crippen LogP contribution is 2.32. The molecule has 20 heteroatoms. The molecule has 0 saturated carbocycles. The second-order valence-electron chi connectivity index (χ2n) is 24.6. The predicted molar refractivity (Wildman–Crippen MR) is 326 cm³/mol. The van der Waals surface area contributed by atoms with Crippen molar-refractivity contribution in [2.45, 2.75) is 148 Å². The van der Waals surface area contributed by atoms with Gasteiger partial charge in [-0.3, -0.25) is 33.6 Å². The van der Waals surface area contributed by atoms with Gasteiger partial charge in [0.05, 0.1) is 24.7 Å². The van der Waals surface area contributed by atoms with Gasteiger partial charge in [0, 0.05) is 53.3 Å². The highest BCUT2D eigenvalue weighted by Gasteiger charge is 2.44. The number of esters is 2. The normalized spacial score (nSPS) is 23.3. The highest BCUT2D eigenvalue weighted by molar-refractivity contribution is 6.38. The van der Waals surface area contributed by atoms with E-state index in [1.54, 1.807) is 38.4 Å². The number of likely N-dealkylation sites (N-methyl/N-ethyl adjacent to an activating group) is 3.